The van der Waals surface area contributed by atoms with Crippen molar-refractivity contribution in [3.05, 3.63) is 35.9 Å². The third-order valence-corrected chi connectivity index (χ3v) is 1.58. The molecule has 1 rings (SSSR count). The molecule has 0 amide bonds. The van der Waals surface area contributed by atoms with Gasteiger partial charge in [0.25, 0.3) is 0 Å². The van der Waals surface area contributed by atoms with Crippen LogP contribution in [0.1, 0.15) is 12.5 Å². The molecule has 0 aliphatic rings. The van der Waals surface area contributed by atoms with E-state index in [9.17, 15) is 9.90 Å². The van der Waals surface area contributed by atoms with Crippen molar-refractivity contribution in [3.63, 3.8) is 0 Å². The van der Waals surface area contributed by atoms with E-state index in [4.69, 9.17) is 4.74 Å². The highest BCUT2D eigenvalue weighted by Crippen LogP contribution is 2.14. The highest BCUT2D eigenvalue weighted by Gasteiger charge is 1.92. The van der Waals surface area contributed by atoms with Gasteiger partial charge < -0.3 is 14.6 Å². The van der Waals surface area contributed by atoms with Crippen LogP contribution in [0.3, 0.4) is 0 Å². The molecular weight excluding hydrogens is 180 g/mol. The fraction of sp³-hybridized carbons (Fsp3) is 0.182. The van der Waals surface area contributed by atoms with Gasteiger partial charge in [-0.25, -0.2) is 0 Å². The van der Waals surface area contributed by atoms with E-state index >= 15 is 0 Å². The van der Waals surface area contributed by atoms with E-state index in [1.54, 1.807) is 18.2 Å². The Morgan fingerprint density at radius 1 is 1.57 bits per heavy atom. The molecule has 0 unspecified atom stereocenters. The minimum absolute atomic E-state index is 0.591. The molecule has 1 aromatic rings. The maximum absolute atomic E-state index is 10.2. The molecule has 3 nitrogen and oxygen atoms in total. The van der Waals surface area contributed by atoms with Crippen molar-refractivity contribution >= 4 is 12.0 Å². The molecule has 0 fully saturated rings. The van der Waals surface area contributed by atoms with Gasteiger partial charge in [-0.1, -0.05) is 18.2 Å². The van der Waals surface area contributed by atoms with Crippen LogP contribution in [0.2, 0.25) is 0 Å². The molecule has 14 heavy (non-hydrogen) atoms. The summed E-state index contributed by atoms with van der Waals surface area (Å²) in [6.07, 6.45) is 2.46. The molecule has 0 radical (unpaired) electrons. The lowest BCUT2D eigenvalue weighted by Gasteiger charge is -2.03. The highest BCUT2D eigenvalue weighted by atomic mass is 16.5. The van der Waals surface area contributed by atoms with E-state index in [2.05, 4.69) is 0 Å². The van der Waals surface area contributed by atoms with E-state index in [1.165, 1.54) is 6.08 Å². The Kier molecular flexibility index (Phi) is 3.73. The Labute approximate surface area is 82.6 Å². The molecule has 0 aromatic heterocycles. The molecule has 0 bridgehead atoms. The normalized spacial score (nSPS) is 10.4. The molecule has 74 valence electrons. The standard InChI is InChI=1S/C11H12O3/c1-2-14-10-5-3-4-9(8-10)6-7-11(12)13/h3-8H,2H2,1H3,(H,12,13)/p-1/b7-6+. The topological polar surface area (TPSA) is 49.4 Å². The number of hydrogen-bond donors (Lipinski definition) is 0. The first kappa shape index (κ1) is 10.3. The Hall–Kier alpha value is -1.77. The summed E-state index contributed by atoms with van der Waals surface area (Å²) in [6.45, 7) is 2.48. The van der Waals surface area contributed by atoms with Crippen molar-refractivity contribution in [1.82, 2.24) is 0 Å². The number of carbonyl (C=O) groups excluding carboxylic acids is 1. The highest BCUT2D eigenvalue weighted by molar-refractivity contribution is 5.83. The Bertz CT molecular complexity index is 342. The molecule has 3 heteroatoms. The summed E-state index contributed by atoms with van der Waals surface area (Å²) in [5, 5.41) is 10.2. The van der Waals surface area contributed by atoms with Gasteiger partial charge in [-0.05, 0) is 30.7 Å². The van der Waals surface area contributed by atoms with E-state index in [0.717, 1.165) is 17.4 Å². The fourth-order valence-corrected chi connectivity index (χ4v) is 1.04. The Morgan fingerprint density at radius 2 is 2.36 bits per heavy atom. The Balaban J connectivity index is 2.77. The summed E-state index contributed by atoms with van der Waals surface area (Å²) < 4.78 is 5.26. The van der Waals surface area contributed by atoms with Gasteiger partial charge in [0.1, 0.15) is 5.75 Å². The average Bonchev–Trinajstić information content (AvgIpc) is 2.16. The zero-order valence-electron chi connectivity index (χ0n) is 7.90. The maximum Gasteiger partial charge on any atom is 0.119 e. The predicted octanol–water partition coefficient (Wildman–Crippen LogP) is 0.848. The SMILES string of the molecule is CCOc1cccc(/C=C/C(=O)[O-])c1. The van der Waals surface area contributed by atoms with Gasteiger partial charge in [0.2, 0.25) is 0 Å². The van der Waals surface area contributed by atoms with Gasteiger partial charge in [-0.3, -0.25) is 0 Å². The second kappa shape index (κ2) is 5.07. The van der Waals surface area contributed by atoms with Crippen LogP contribution < -0.4 is 9.84 Å². The third-order valence-electron chi connectivity index (χ3n) is 1.58. The molecule has 0 atom stereocenters. The number of aliphatic carboxylic acids is 1. The van der Waals surface area contributed by atoms with Crippen LogP contribution in [0, 0.1) is 0 Å². The van der Waals surface area contributed by atoms with Crippen LogP contribution in [-0.4, -0.2) is 12.6 Å². The van der Waals surface area contributed by atoms with Gasteiger partial charge in [-0.2, -0.15) is 0 Å². The molecule has 1 aromatic carbocycles. The summed E-state index contributed by atoms with van der Waals surface area (Å²) in [5.41, 5.74) is 0.778. The number of carbonyl (C=O) groups is 1. The zero-order chi connectivity index (χ0) is 10.4. The summed E-state index contributed by atoms with van der Waals surface area (Å²) >= 11 is 0. The first-order chi connectivity index (χ1) is 6.72. The lowest BCUT2D eigenvalue weighted by molar-refractivity contribution is -0.297. The third kappa shape index (κ3) is 3.31. The summed E-state index contributed by atoms with van der Waals surface area (Å²) in [6, 6.07) is 7.19. The molecule has 0 N–H and O–H groups in total. The van der Waals surface area contributed by atoms with Crippen molar-refractivity contribution in [2.45, 2.75) is 6.92 Å². The molecule has 0 saturated heterocycles. The van der Waals surface area contributed by atoms with Gasteiger partial charge >= 0.3 is 0 Å². The number of ether oxygens (including phenoxy) is 1. The zero-order valence-corrected chi connectivity index (χ0v) is 7.90. The minimum atomic E-state index is -1.20. The van der Waals surface area contributed by atoms with Gasteiger partial charge in [0.05, 0.1) is 12.6 Å². The first-order valence-corrected chi connectivity index (χ1v) is 4.34. The second-order valence-corrected chi connectivity index (χ2v) is 2.66. The maximum atomic E-state index is 10.2. The quantitative estimate of drug-likeness (QED) is 0.663. The molecule has 0 spiro atoms. The molecule has 0 heterocycles. The summed E-state index contributed by atoms with van der Waals surface area (Å²) in [7, 11) is 0. The van der Waals surface area contributed by atoms with Crippen molar-refractivity contribution in [3.8, 4) is 5.75 Å². The van der Waals surface area contributed by atoms with Gasteiger partial charge in [0.15, 0.2) is 0 Å². The molecule has 0 aliphatic carbocycles. The number of hydrogen-bond acceptors (Lipinski definition) is 3. The van der Waals surface area contributed by atoms with Crippen LogP contribution in [0.15, 0.2) is 30.3 Å². The average molecular weight is 191 g/mol. The monoisotopic (exact) mass is 191 g/mol. The summed E-state index contributed by atoms with van der Waals surface area (Å²) in [4.78, 5) is 10.2. The van der Waals surface area contributed by atoms with Gasteiger partial charge in [-0.15, -0.1) is 0 Å². The molecule has 0 saturated carbocycles. The lowest BCUT2D eigenvalue weighted by atomic mass is 10.2. The molecular formula is C11H11O3-. The largest absolute Gasteiger partial charge is 0.545 e. The van der Waals surface area contributed by atoms with E-state index in [1.807, 2.05) is 13.0 Å². The number of carboxylic acid groups (broad SMARTS) is 1. The van der Waals surface area contributed by atoms with Crippen LogP contribution in [0.5, 0.6) is 5.75 Å². The fourth-order valence-electron chi connectivity index (χ4n) is 1.04. The van der Waals surface area contributed by atoms with Crippen LogP contribution in [-0.2, 0) is 4.79 Å². The van der Waals surface area contributed by atoms with Crippen LogP contribution in [0.25, 0.3) is 6.08 Å². The van der Waals surface area contributed by atoms with Gasteiger partial charge in [0, 0.05) is 0 Å². The molecule has 0 aliphatic heterocycles. The number of carboxylic acids is 1. The van der Waals surface area contributed by atoms with E-state index in [-0.39, 0.29) is 0 Å². The predicted molar refractivity (Wildman–Crippen MR) is 51.7 cm³/mol. The van der Waals surface area contributed by atoms with E-state index in [0.29, 0.717) is 6.61 Å². The number of benzene rings is 1. The summed E-state index contributed by atoms with van der Waals surface area (Å²) in [5.74, 6) is -0.472. The van der Waals surface area contributed by atoms with Crippen molar-refractivity contribution in [2.75, 3.05) is 6.61 Å². The first-order valence-electron chi connectivity index (χ1n) is 4.34. The number of rotatable bonds is 4. The van der Waals surface area contributed by atoms with Crippen LogP contribution >= 0.6 is 0 Å². The van der Waals surface area contributed by atoms with E-state index < -0.39 is 5.97 Å². The van der Waals surface area contributed by atoms with Crippen molar-refractivity contribution < 1.29 is 14.6 Å². The lowest BCUT2D eigenvalue weighted by Crippen LogP contribution is -2.18. The van der Waals surface area contributed by atoms with Crippen molar-refractivity contribution in [2.24, 2.45) is 0 Å². The van der Waals surface area contributed by atoms with Crippen LogP contribution in [0.4, 0.5) is 0 Å². The smallest absolute Gasteiger partial charge is 0.119 e. The van der Waals surface area contributed by atoms with Crippen molar-refractivity contribution in [1.29, 1.82) is 0 Å². The minimum Gasteiger partial charge on any atom is -0.545 e. The second-order valence-electron chi connectivity index (χ2n) is 2.66. The Morgan fingerprint density at radius 3 is 3.00 bits per heavy atom.